The van der Waals surface area contributed by atoms with Crippen molar-refractivity contribution in [3.63, 3.8) is 0 Å². The highest BCUT2D eigenvalue weighted by Crippen LogP contribution is 2.21. The molecule has 0 saturated heterocycles. The van der Waals surface area contributed by atoms with Crippen LogP contribution in [0, 0.1) is 13.8 Å². The van der Waals surface area contributed by atoms with Gasteiger partial charge in [-0.25, -0.2) is 0 Å². The zero-order valence-corrected chi connectivity index (χ0v) is 9.13. The van der Waals surface area contributed by atoms with Gasteiger partial charge in [0.2, 0.25) is 0 Å². The van der Waals surface area contributed by atoms with Crippen molar-refractivity contribution >= 4 is 21.5 Å². The maximum absolute atomic E-state index is 11.8. The maximum atomic E-state index is 11.8. The molecule has 16 heavy (non-hydrogen) atoms. The third-order valence-corrected chi connectivity index (χ3v) is 3.17. The minimum Gasteiger partial charge on any atom is -0.289 e. The first-order valence-electron chi connectivity index (χ1n) is 5.22. The summed E-state index contributed by atoms with van der Waals surface area (Å²) < 4.78 is 0. The van der Waals surface area contributed by atoms with Crippen molar-refractivity contribution in [2.45, 2.75) is 13.8 Å². The summed E-state index contributed by atoms with van der Waals surface area (Å²) in [5.41, 5.74) is 1.63. The largest absolute Gasteiger partial charge is 0.289 e. The summed E-state index contributed by atoms with van der Waals surface area (Å²) in [6.45, 7) is 3.60. The average Bonchev–Trinajstić information content (AvgIpc) is 2.67. The van der Waals surface area contributed by atoms with Gasteiger partial charge in [-0.2, -0.15) is 0 Å². The predicted molar refractivity (Wildman–Crippen MR) is 65.8 cm³/mol. The number of fused-ring (bicyclic) bond motifs is 2. The van der Waals surface area contributed by atoms with Gasteiger partial charge in [0.25, 0.3) is 0 Å². The van der Waals surface area contributed by atoms with E-state index < -0.39 is 0 Å². The van der Waals surface area contributed by atoms with Crippen LogP contribution < -0.4 is 10.9 Å². The Kier molecular flexibility index (Phi) is 1.62. The molecule has 0 saturated carbocycles. The summed E-state index contributed by atoms with van der Waals surface area (Å²) in [6, 6.07) is 7.35. The number of benzene rings is 1. The van der Waals surface area contributed by atoms with Crippen LogP contribution in [0.15, 0.2) is 33.9 Å². The highest BCUT2D eigenvalue weighted by molar-refractivity contribution is 6.00. The van der Waals surface area contributed by atoms with E-state index in [1.165, 1.54) is 0 Å². The zero-order chi connectivity index (χ0) is 11.4. The van der Waals surface area contributed by atoms with E-state index in [1.807, 2.05) is 24.3 Å². The van der Waals surface area contributed by atoms with E-state index in [2.05, 4.69) is 0 Å². The average molecular weight is 210 g/mol. The Hall–Kier alpha value is -1.96. The van der Waals surface area contributed by atoms with Crippen LogP contribution in [0.3, 0.4) is 0 Å². The van der Waals surface area contributed by atoms with Gasteiger partial charge in [-0.05, 0) is 60.0 Å². The van der Waals surface area contributed by atoms with E-state index >= 15 is 0 Å². The molecule has 3 aromatic rings. The van der Waals surface area contributed by atoms with E-state index in [4.69, 9.17) is 0 Å². The normalized spacial score (nSPS) is 11.6. The summed E-state index contributed by atoms with van der Waals surface area (Å²) in [4.78, 5) is 23.6. The second-order valence-corrected chi connectivity index (χ2v) is 4.34. The Morgan fingerprint density at radius 2 is 1.06 bits per heavy atom. The summed E-state index contributed by atoms with van der Waals surface area (Å²) in [6.07, 6.45) is 0. The first kappa shape index (κ1) is 9.28. The van der Waals surface area contributed by atoms with E-state index in [0.717, 1.165) is 32.7 Å². The second kappa shape index (κ2) is 2.79. The first-order valence-corrected chi connectivity index (χ1v) is 5.22. The Morgan fingerprint density at radius 1 is 0.688 bits per heavy atom. The number of rotatable bonds is 0. The van der Waals surface area contributed by atoms with Crippen LogP contribution in [0.25, 0.3) is 21.5 Å². The Bertz CT molecular complexity index is 733. The van der Waals surface area contributed by atoms with Gasteiger partial charge in [0.1, 0.15) is 0 Å². The van der Waals surface area contributed by atoms with Crippen LogP contribution in [0.1, 0.15) is 11.1 Å². The van der Waals surface area contributed by atoms with Crippen molar-refractivity contribution in [1.29, 1.82) is 0 Å². The third-order valence-electron chi connectivity index (χ3n) is 3.17. The highest BCUT2D eigenvalue weighted by atomic mass is 16.1. The Morgan fingerprint density at radius 3 is 1.44 bits per heavy atom. The summed E-state index contributed by atoms with van der Waals surface area (Å²) in [7, 11) is 0. The van der Waals surface area contributed by atoms with E-state index in [1.54, 1.807) is 13.8 Å². The molecule has 3 rings (SSSR count). The summed E-state index contributed by atoms with van der Waals surface area (Å²) in [5.74, 6) is 0. The molecule has 0 heterocycles. The Labute approximate surface area is 91.8 Å². The van der Waals surface area contributed by atoms with E-state index in [0.29, 0.717) is 0 Å². The van der Waals surface area contributed by atoms with Gasteiger partial charge >= 0.3 is 0 Å². The number of aryl methyl sites for hydroxylation is 2. The van der Waals surface area contributed by atoms with Crippen LogP contribution in [-0.2, 0) is 0 Å². The molecule has 0 bridgehead atoms. The lowest BCUT2D eigenvalue weighted by atomic mass is 10.1. The first-order chi connectivity index (χ1) is 7.58. The van der Waals surface area contributed by atoms with Gasteiger partial charge in [-0.3, -0.25) is 9.59 Å². The quantitative estimate of drug-likeness (QED) is 0.570. The number of hydrogen-bond donors (Lipinski definition) is 0. The smallest absolute Gasteiger partial charge is 0.189 e. The van der Waals surface area contributed by atoms with Crippen LogP contribution >= 0.6 is 0 Å². The van der Waals surface area contributed by atoms with Gasteiger partial charge in [0, 0.05) is 10.8 Å². The lowest BCUT2D eigenvalue weighted by molar-refractivity contribution is 1.49. The highest BCUT2D eigenvalue weighted by Gasteiger charge is 2.10. The molecule has 78 valence electrons. The molecule has 3 aromatic carbocycles. The van der Waals surface area contributed by atoms with Crippen LogP contribution in [-0.4, -0.2) is 0 Å². The molecule has 0 amide bonds. The minimum absolute atomic E-state index is 0.0724. The maximum Gasteiger partial charge on any atom is 0.189 e. The molecule has 0 spiro atoms. The Balaban J connectivity index is 2.62. The molecular weight excluding hydrogens is 200 g/mol. The summed E-state index contributed by atoms with van der Waals surface area (Å²) >= 11 is 0. The van der Waals surface area contributed by atoms with Crippen molar-refractivity contribution in [1.82, 2.24) is 0 Å². The lowest BCUT2D eigenvalue weighted by Gasteiger charge is -1.89. The van der Waals surface area contributed by atoms with Crippen molar-refractivity contribution in [3.8, 4) is 0 Å². The van der Waals surface area contributed by atoms with Crippen molar-refractivity contribution in [2.24, 2.45) is 0 Å². The summed E-state index contributed by atoms with van der Waals surface area (Å²) in [5, 5.41) is 3.18. The van der Waals surface area contributed by atoms with Gasteiger partial charge in [0.15, 0.2) is 10.9 Å². The van der Waals surface area contributed by atoms with Crippen molar-refractivity contribution in [3.05, 3.63) is 55.8 Å². The fourth-order valence-electron chi connectivity index (χ4n) is 2.29. The van der Waals surface area contributed by atoms with Gasteiger partial charge in [-0.1, -0.05) is 0 Å². The fourth-order valence-corrected chi connectivity index (χ4v) is 2.29. The molecule has 2 heteroatoms. The molecule has 0 N–H and O–H groups in total. The SMILES string of the molecule is Cc1cc2cc3c(=O)c(C)cc3cc2c1=O. The van der Waals surface area contributed by atoms with Crippen molar-refractivity contribution < 1.29 is 0 Å². The molecule has 0 aliphatic carbocycles. The lowest BCUT2D eigenvalue weighted by Crippen LogP contribution is -1.98. The fraction of sp³-hybridized carbons (Fsp3) is 0.143. The molecule has 0 radical (unpaired) electrons. The van der Waals surface area contributed by atoms with Crippen LogP contribution in [0.2, 0.25) is 0 Å². The van der Waals surface area contributed by atoms with E-state index in [9.17, 15) is 9.59 Å². The topological polar surface area (TPSA) is 34.1 Å². The number of hydrogen-bond acceptors (Lipinski definition) is 2. The molecule has 0 fully saturated rings. The molecule has 0 atom stereocenters. The molecule has 2 nitrogen and oxygen atoms in total. The van der Waals surface area contributed by atoms with E-state index in [-0.39, 0.29) is 10.9 Å². The third kappa shape index (κ3) is 1.01. The minimum atomic E-state index is 0.0724. The molecule has 0 aliphatic heterocycles. The van der Waals surface area contributed by atoms with Crippen LogP contribution in [0.5, 0.6) is 0 Å². The van der Waals surface area contributed by atoms with Gasteiger partial charge in [-0.15, -0.1) is 0 Å². The predicted octanol–water partition coefficient (Wildman–Crippen LogP) is 2.21. The van der Waals surface area contributed by atoms with Crippen molar-refractivity contribution in [2.75, 3.05) is 0 Å². The monoisotopic (exact) mass is 210 g/mol. The van der Waals surface area contributed by atoms with Crippen LogP contribution in [0.4, 0.5) is 0 Å². The standard InChI is InChI=1S/C14H10O2/c1-7-3-9-5-12-10(4-8(2)14(12)16)6-11(9)13(7)15/h3-6H,1-2H3. The molecular formula is C14H10O2. The van der Waals surface area contributed by atoms with Gasteiger partial charge < -0.3 is 0 Å². The molecule has 0 aromatic heterocycles. The molecule has 0 unspecified atom stereocenters. The second-order valence-electron chi connectivity index (χ2n) is 4.34. The zero-order valence-electron chi connectivity index (χ0n) is 9.13. The molecule has 0 aliphatic rings. The van der Waals surface area contributed by atoms with Gasteiger partial charge in [0.05, 0.1) is 0 Å².